The van der Waals surface area contributed by atoms with Crippen molar-refractivity contribution >= 4 is 5.91 Å². The summed E-state index contributed by atoms with van der Waals surface area (Å²) in [4.78, 5) is 13.1. The number of nitrogens with zero attached hydrogens (tertiary/aromatic N) is 4. The fourth-order valence-corrected chi connectivity index (χ4v) is 1.21. The molecule has 1 aromatic heterocycles. The van der Waals surface area contributed by atoms with Crippen LogP contribution in [0.1, 0.15) is 12.6 Å². The summed E-state index contributed by atoms with van der Waals surface area (Å²) in [6.07, 6.45) is 1.82. The van der Waals surface area contributed by atoms with E-state index in [4.69, 9.17) is 0 Å². The van der Waals surface area contributed by atoms with Crippen molar-refractivity contribution in [2.75, 3.05) is 14.1 Å². The van der Waals surface area contributed by atoms with E-state index >= 15 is 0 Å². The second-order valence-corrected chi connectivity index (χ2v) is 3.72. The van der Waals surface area contributed by atoms with Gasteiger partial charge in [0.1, 0.15) is 0 Å². The lowest BCUT2D eigenvalue weighted by atomic mass is 10.3. The third-order valence-corrected chi connectivity index (χ3v) is 2.05. The Bertz CT molecular complexity index is 333. The average Bonchev–Trinajstić information content (AvgIpc) is 2.59. The number of carbonyl (C=O) groups excluding carboxylic acids is 1. The molecule has 1 amide bonds. The number of rotatable bonds is 4. The van der Waals surface area contributed by atoms with E-state index in [0.29, 0.717) is 6.54 Å². The maximum atomic E-state index is 11.5. The molecule has 0 radical (unpaired) electrons. The van der Waals surface area contributed by atoms with Crippen molar-refractivity contribution in [3.8, 4) is 0 Å². The Hall–Kier alpha value is -1.43. The van der Waals surface area contributed by atoms with Crippen LogP contribution >= 0.6 is 0 Å². The van der Waals surface area contributed by atoms with E-state index in [1.165, 1.54) is 0 Å². The van der Waals surface area contributed by atoms with Crippen molar-refractivity contribution < 1.29 is 4.79 Å². The molecule has 0 spiro atoms. The van der Waals surface area contributed by atoms with Gasteiger partial charge in [-0.25, -0.2) is 0 Å². The van der Waals surface area contributed by atoms with E-state index < -0.39 is 0 Å². The number of aryl methyl sites for hydroxylation is 1. The first kappa shape index (κ1) is 11.6. The Kier molecular flexibility index (Phi) is 3.79. The number of aromatic nitrogens is 3. The Balaban J connectivity index is 2.40. The number of hydrogen-bond acceptors (Lipinski definition) is 4. The van der Waals surface area contributed by atoms with Gasteiger partial charge in [0.15, 0.2) is 0 Å². The quantitative estimate of drug-likeness (QED) is 0.721. The lowest BCUT2D eigenvalue weighted by Gasteiger charge is -2.17. The highest BCUT2D eigenvalue weighted by molar-refractivity contribution is 5.80. The van der Waals surface area contributed by atoms with Gasteiger partial charge in [0.05, 0.1) is 11.7 Å². The number of hydrogen-bond donors (Lipinski definition) is 1. The maximum absolute atomic E-state index is 11.5. The lowest BCUT2D eigenvalue weighted by Crippen LogP contribution is -2.41. The summed E-state index contributed by atoms with van der Waals surface area (Å²) in [5.74, 6) is 0.0545. The van der Waals surface area contributed by atoms with Crippen LogP contribution in [-0.2, 0) is 18.4 Å². The van der Waals surface area contributed by atoms with Crippen LogP contribution in [0.4, 0.5) is 0 Å². The average molecular weight is 211 g/mol. The smallest absolute Gasteiger partial charge is 0.238 e. The topological polar surface area (TPSA) is 63.1 Å². The SMILES string of the molecule is CC(NCc1cn(C)nn1)C(=O)N(C)C. The molecule has 6 nitrogen and oxygen atoms in total. The molecule has 1 unspecified atom stereocenters. The second kappa shape index (κ2) is 4.88. The van der Waals surface area contributed by atoms with Gasteiger partial charge in [-0.2, -0.15) is 0 Å². The molecular weight excluding hydrogens is 194 g/mol. The summed E-state index contributed by atoms with van der Waals surface area (Å²) in [6.45, 7) is 2.38. The van der Waals surface area contributed by atoms with Gasteiger partial charge in [-0.05, 0) is 6.92 Å². The van der Waals surface area contributed by atoms with Gasteiger partial charge in [0, 0.05) is 33.9 Å². The molecule has 0 saturated heterocycles. The molecular formula is C9H17N5O. The van der Waals surface area contributed by atoms with Gasteiger partial charge in [-0.1, -0.05) is 5.21 Å². The predicted molar refractivity (Wildman–Crippen MR) is 56.0 cm³/mol. The van der Waals surface area contributed by atoms with E-state index in [0.717, 1.165) is 5.69 Å². The summed E-state index contributed by atoms with van der Waals surface area (Å²) in [7, 11) is 5.29. The van der Waals surface area contributed by atoms with Crippen LogP contribution in [0.25, 0.3) is 0 Å². The minimum atomic E-state index is -0.206. The first-order valence-electron chi connectivity index (χ1n) is 4.80. The molecule has 0 aliphatic heterocycles. The number of nitrogens with one attached hydrogen (secondary N) is 1. The van der Waals surface area contributed by atoms with Gasteiger partial charge in [0.2, 0.25) is 5.91 Å². The Morgan fingerprint density at radius 3 is 2.80 bits per heavy atom. The monoisotopic (exact) mass is 211 g/mol. The predicted octanol–water partition coefficient (Wildman–Crippen LogP) is -0.619. The molecule has 1 atom stereocenters. The van der Waals surface area contributed by atoms with Crippen molar-refractivity contribution in [1.82, 2.24) is 25.2 Å². The molecule has 1 heterocycles. The zero-order chi connectivity index (χ0) is 11.4. The normalized spacial score (nSPS) is 12.5. The summed E-state index contributed by atoms with van der Waals surface area (Å²) < 4.78 is 1.63. The van der Waals surface area contributed by atoms with Crippen molar-refractivity contribution in [1.29, 1.82) is 0 Å². The minimum absolute atomic E-state index is 0.0545. The van der Waals surface area contributed by atoms with Gasteiger partial charge >= 0.3 is 0 Å². The zero-order valence-electron chi connectivity index (χ0n) is 9.56. The number of likely N-dealkylation sites (N-methyl/N-ethyl adjacent to an activating group) is 1. The molecule has 1 N–H and O–H groups in total. The molecule has 1 rings (SSSR count). The largest absolute Gasteiger partial charge is 0.347 e. The van der Waals surface area contributed by atoms with E-state index in [1.54, 1.807) is 23.7 Å². The summed E-state index contributed by atoms with van der Waals surface area (Å²) in [5, 5.41) is 10.8. The fourth-order valence-electron chi connectivity index (χ4n) is 1.21. The molecule has 0 bridgehead atoms. The molecule has 84 valence electrons. The minimum Gasteiger partial charge on any atom is -0.347 e. The molecule has 6 heteroatoms. The number of carbonyl (C=O) groups is 1. The van der Waals surface area contributed by atoms with Crippen LogP contribution in [-0.4, -0.2) is 45.9 Å². The summed E-state index contributed by atoms with van der Waals surface area (Å²) >= 11 is 0. The standard InChI is InChI=1S/C9H17N5O/c1-7(9(15)13(2)3)10-5-8-6-14(4)12-11-8/h6-7,10H,5H2,1-4H3. The van der Waals surface area contributed by atoms with Gasteiger partial charge < -0.3 is 10.2 Å². The van der Waals surface area contributed by atoms with Crippen molar-refractivity contribution in [3.63, 3.8) is 0 Å². The molecule has 15 heavy (non-hydrogen) atoms. The third kappa shape index (κ3) is 3.32. The van der Waals surface area contributed by atoms with E-state index in [2.05, 4.69) is 15.6 Å². The molecule has 1 aromatic rings. The van der Waals surface area contributed by atoms with Crippen molar-refractivity contribution in [2.45, 2.75) is 19.5 Å². The van der Waals surface area contributed by atoms with Gasteiger partial charge in [-0.3, -0.25) is 9.48 Å². The van der Waals surface area contributed by atoms with Crippen LogP contribution in [0, 0.1) is 0 Å². The molecule has 0 fully saturated rings. The summed E-state index contributed by atoms with van der Waals surface area (Å²) in [5.41, 5.74) is 0.830. The van der Waals surface area contributed by atoms with E-state index in [1.807, 2.05) is 20.2 Å². The Labute approximate surface area is 89.3 Å². The van der Waals surface area contributed by atoms with Crippen LogP contribution in [0.2, 0.25) is 0 Å². The summed E-state index contributed by atoms with van der Waals surface area (Å²) in [6, 6.07) is -0.206. The zero-order valence-corrected chi connectivity index (χ0v) is 9.56. The molecule has 0 aromatic carbocycles. The maximum Gasteiger partial charge on any atom is 0.238 e. The highest BCUT2D eigenvalue weighted by Crippen LogP contribution is 1.94. The van der Waals surface area contributed by atoms with Crippen LogP contribution < -0.4 is 5.32 Å². The highest BCUT2D eigenvalue weighted by Gasteiger charge is 2.14. The first-order valence-corrected chi connectivity index (χ1v) is 4.80. The van der Waals surface area contributed by atoms with Gasteiger partial charge in [0.25, 0.3) is 0 Å². The molecule has 0 saturated carbocycles. The molecule has 0 aliphatic carbocycles. The highest BCUT2D eigenvalue weighted by atomic mass is 16.2. The van der Waals surface area contributed by atoms with Crippen molar-refractivity contribution in [3.05, 3.63) is 11.9 Å². The first-order chi connectivity index (χ1) is 7.00. The van der Waals surface area contributed by atoms with Crippen molar-refractivity contribution in [2.24, 2.45) is 7.05 Å². The van der Waals surface area contributed by atoms with Crippen LogP contribution in [0.5, 0.6) is 0 Å². The van der Waals surface area contributed by atoms with Crippen LogP contribution in [0.15, 0.2) is 6.20 Å². The van der Waals surface area contributed by atoms with E-state index in [-0.39, 0.29) is 11.9 Å². The Morgan fingerprint density at radius 1 is 1.67 bits per heavy atom. The second-order valence-electron chi connectivity index (χ2n) is 3.72. The van der Waals surface area contributed by atoms with Crippen LogP contribution in [0.3, 0.4) is 0 Å². The van der Waals surface area contributed by atoms with Gasteiger partial charge in [-0.15, -0.1) is 5.10 Å². The number of amides is 1. The Morgan fingerprint density at radius 2 is 2.33 bits per heavy atom. The fraction of sp³-hybridized carbons (Fsp3) is 0.667. The van der Waals surface area contributed by atoms with E-state index in [9.17, 15) is 4.79 Å². The molecule has 0 aliphatic rings. The lowest BCUT2D eigenvalue weighted by molar-refractivity contribution is -0.130. The third-order valence-electron chi connectivity index (χ3n) is 2.05.